The van der Waals surface area contributed by atoms with E-state index in [0.717, 1.165) is 9.75 Å². The van der Waals surface area contributed by atoms with Gasteiger partial charge in [0.05, 0.1) is 24.1 Å². The second kappa shape index (κ2) is 8.70. The molecule has 0 fully saturated rings. The minimum absolute atomic E-state index is 0.0564. The van der Waals surface area contributed by atoms with Crippen LogP contribution in [0.2, 0.25) is 0 Å². The zero-order chi connectivity index (χ0) is 14.1. The molecule has 0 aromatic carbocycles. The molecule has 1 heterocycles. The van der Waals surface area contributed by atoms with Crippen LogP contribution in [0, 0.1) is 11.8 Å². The number of nitrogens with one attached hydrogen (secondary N) is 1. The topological polar surface area (TPSA) is 58.6 Å². The summed E-state index contributed by atoms with van der Waals surface area (Å²) in [4.78, 5) is 13.4. The molecule has 19 heavy (non-hydrogen) atoms. The fourth-order valence-electron chi connectivity index (χ4n) is 1.22. The van der Waals surface area contributed by atoms with Crippen molar-refractivity contribution >= 4 is 17.2 Å². The summed E-state index contributed by atoms with van der Waals surface area (Å²) in [7, 11) is 0. The van der Waals surface area contributed by atoms with Crippen molar-refractivity contribution in [3.63, 3.8) is 0 Å². The van der Waals surface area contributed by atoms with E-state index in [9.17, 15) is 4.79 Å². The largest absolute Gasteiger partial charge is 0.395 e. The molecule has 104 valence electrons. The number of thiophene rings is 1. The summed E-state index contributed by atoms with van der Waals surface area (Å²) in [5.41, 5.74) is 0. The van der Waals surface area contributed by atoms with Gasteiger partial charge in [-0.25, -0.2) is 0 Å². The molecule has 0 saturated heterocycles. The van der Waals surface area contributed by atoms with Gasteiger partial charge in [-0.15, -0.1) is 11.3 Å². The second-order valence-corrected chi connectivity index (χ2v) is 5.35. The SMILES string of the molecule is CC(C)OCC(=O)NCc1ccc(C#CCCO)s1. The lowest BCUT2D eigenvalue weighted by Gasteiger charge is -2.07. The first-order chi connectivity index (χ1) is 9.11. The maximum absolute atomic E-state index is 11.5. The monoisotopic (exact) mass is 281 g/mol. The predicted molar refractivity (Wildman–Crippen MR) is 75.8 cm³/mol. The molecule has 0 bridgehead atoms. The van der Waals surface area contributed by atoms with Crippen molar-refractivity contribution < 1.29 is 14.6 Å². The van der Waals surface area contributed by atoms with Gasteiger partial charge >= 0.3 is 0 Å². The van der Waals surface area contributed by atoms with Gasteiger partial charge in [0.2, 0.25) is 5.91 Å². The Kier molecular flexibility index (Phi) is 7.19. The molecule has 0 radical (unpaired) electrons. The van der Waals surface area contributed by atoms with Crippen molar-refractivity contribution in [1.29, 1.82) is 0 Å². The molecule has 1 rings (SSSR count). The number of ether oxygens (including phenoxy) is 1. The average molecular weight is 281 g/mol. The summed E-state index contributed by atoms with van der Waals surface area (Å²) < 4.78 is 5.21. The van der Waals surface area contributed by atoms with Crippen LogP contribution in [0.3, 0.4) is 0 Å². The molecule has 4 nitrogen and oxygen atoms in total. The Balaban J connectivity index is 2.34. The van der Waals surface area contributed by atoms with E-state index in [2.05, 4.69) is 17.2 Å². The second-order valence-electron chi connectivity index (χ2n) is 4.18. The molecule has 0 spiro atoms. The fourth-order valence-corrected chi connectivity index (χ4v) is 2.05. The van der Waals surface area contributed by atoms with Crippen molar-refractivity contribution in [2.75, 3.05) is 13.2 Å². The number of hydrogen-bond donors (Lipinski definition) is 2. The highest BCUT2D eigenvalue weighted by Crippen LogP contribution is 2.14. The lowest BCUT2D eigenvalue weighted by atomic mass is 10.4. The van der Waals surface area contributed by atoms with Crippen LogP contribution >= 0.6 is 11.3 Å². The van der Waals surface area contributed by atoms with Crippen LogP contribution < -0.4 is 5.32 Å². The van der Waals surface area contributed by atoms with E-state index < -0.39 is 0 Å². The highest BCUT2D eigenvalue weighted by molar-refractivity contribution is 7.12. The number of rotatable bonds is 6. The molecule has 0 saturated carbocycles. The summed E-state index contributed by atoms with van der Waals surface area (Å²) in [5, 5.41) is 11.4. The zero-order valence-corrected chi connectivity index (χ0v) is 12.0. The first-order valence-electron chi connectivity index (χ1n) is 6.18. The zero-order valence-electron chi connectivity index (χ0n) is 11.2. The van der Waals surface area contributed by atoms with Gasteiger partial charge in [-0.2, -0.15) is 0 Å². The molecule has 1 amide bonds. The maximum atomic E-state index is 11.5. The quantitative estimate of drug-likeness (QED) is 0.777. The molecule has 0 aliphatic carbocycles. The van der Waals surface area contributed by atoms with Gasteiger partial charge in [-0.3, -0.25) is 4.79 Å². The Morgan fingerprint density at radius 3 is 3.00 bits per heavy atom. The lowest BCUT2D eigenvalue weighted by Crippen LogP contribution is -2.27. The van der Waals surface area contributed by atoms with Crippen LogP contribution in [-0.4, -0.2) is 30.3 Å². The normalized spacial score (nSPS) is 10.1. The molecule has 0 aliphatic heterocycles. The highest BCUT2D eigenvalue weighted by atomic mass is 32.1. The number of carbonyl (C=O) groups is 1. The first-order valence-corrected chi connectivity index (χ1v) is 7.00. The van der Waals surface area contributed by atoms with Gasteiger partial charge in [0, 0.05) is 11.3 Å². The third-order valence-electron chi connectivity index (χ3n) is 2.12. The van der Waals surface area contributed by atoms with Gasteiger partial charge in [0.1, 0.15) is 6.61 Å². The Labute approximate surface area is 117 Å². The van der Waals surface area contributed by atoms with Crippen LogP contribution in [0.15, 0.2) is 12.1 Å². The van der Waals surface area contributed by atoms with Crippen LogP contribution in [0.4, 0.5) is 0 Å². The molecular formula is C14H19NO3S. The molecular weight excluding hydrogens is 262 g/mol. The summed E-state index contributed by atoms with van der Waals surface area (Å²) in [6.45, 7) is 4.45. The van der Waals surface area contributed by atoms with Crippen LogP contribution in [0.5, 0.6) is 0 Å². The third-order valence-corrected chi connectivity index (χ3v) is 3.12. The van der Waals surface area contributed by atoms with Crippen molar-refractivity contribution in [3.05, 3.63) is 21.9 Å². The third kappa shape index (κ3) is 6.97. The Morgan fingerprint density at radius 2 is 2.32 bits per heavy atom. The Bertz CT molecular complexity index is 457. The van der Waals surface area contributed by atoms with Crippen LogP contribution in [0.1, 0.15) is 30.0 Å². The molecule has 1 aromatic heterocycles. The van der Waals surface area contributed by atoms with E-state index in [4.69, 9.17) is 9.84 Å². The minimum atomic E-state index is -0.116. The summed E-state index contributed by atoms with van der Waals surface area (Å²) in [6, 6.07) is 3.86. The van der Waals surface area contributed by atoms with Crippen molar-refractivity contribution in [2.45, 2.75) is 32.9 Å². The van der Waals surface area contributed by atoms with Gasteiger partial charge in [0.15, 0.2) is 0 Å². The van der Waals surface area contributed by atoms with Gasteiger partial charge < -0.3 is 15.2 Å². The van der Waals surface area contributed by atoms with E-state index in [1.165, 1.54) is 11.3 Å². The van der Waals surface area contributed by atoms with E-state index in [1.54, 1.807) is 0 Å². The van der Waals surface area contributed by atoms with Gasteiger partial charge in [-0.1, -0.05) is 11.8 Å². The number of amides is 1. The van der Waals surface area contributed by atoms with Crippen LogP contribution in [-0.2, 0) is 16.1 Å². The lowest BCUT2D eigenvalue weighted by molar-refractivity contribution is -0.127. The molecule has 0 unspecified atom stereocenters. The van der Waals surface area contributed by atoms with Crippen molar-refractivity contribution in [3.8, 4) is 11.8 Å². The van der Waals surface area contributed by atoms with Crippen LogP contribution in [0.25, 0.3) is 0 Å². The average Bonchev–Trinajstić information content (AvgIpc) is 2.82. The molecule has 5 heteroatoms. The predicted octanol–water partition coefficient (Wildman–Crippen LogP) is 1.52. The molecule has 1 aromatic rings. The highest BCUT2D eigenvalue weighted by Gasteiger charge is 2.04. The molecule has 0 atom stereocenters. The van der Waals surface area contributed by atoms with E-state index in [1.807, 2.05) is 26.0 Å². The summed E-state index contributed by atoms with van der Waals surface area (Å²) >= 11 is 1.54. The smallest absolute Gasteiger partial charge is 0.246 e. The number of hydrogen-bond acceptors (Lipinski definition) is 4. The Morgan fingerprint density at radius 1 is 1.53 bits per heavy atom. The number of aliphatic hydroxyl groups excluding tert-OH is 1. The van der Waals surface area contributed by atoms with Crippen molar-refractivity contribution in [1.82, 2.24) is 5.32 Å². The van der Waals surface area contributed by atoms with E-state index >= 15 is 0 Å². The summed E-state index contributed by atoms with van der Waals surface area (Å²) in [5.74, 6) is 5.71. The molecule has 0 aliphatic rings. The van der Waals surface area contributed by atoms with Crippen molar-refractivity contribution in [2.24, 2.45) is 0 Å². The van der Waals surface area contributed by atoms with Gasteiger partial charge in [0.25, 0.3) is 0 Å². The minimum Gasteiger partial charge on any atom is -0.395 e. The van der Waals surface area contributed by atoms with Gasteiger partial charge in [-0.05, 0) is 26.0 Å². The van der Waals surface area contributed by atoms with E-state index in [0.29, 0.717) is 13.0 Å². The molecule has 2 N–H and O–H groups in total. The van der Waals surface area contributed by atoms with E-state index in [-0.39, 0.29) is 25.2 Å². The fraction of sp³-hybridized carbons (Fsp3) is 0.500. The number of carbonyl (C=O) groups excluding carboxylic acids is 1. The maximum Gasteiger partial charge on any atom is 0.246 e. The number of aliphatic hydroxyl groups is 1. The first kappa shape index (κ1) is 15.7. The standard InChI is InChI=1S/C14H19NO3S/c1-11(2)18-10-14(17)15-9-13-7-6-12(19-13)5-3-4-8-16/h6-7,11,16H,4,8-10H2,1-2H3,(H,15,17). The summed E-state index contributed by atoms with van der Waals surface area (Å²) in [6.07, 6.45) is 0.539. The Hall–Kier alpha value is -1.35.